The van der Waals surface area contributed by atoms with Crippen LogP contribution in [0.2, 0.25) is 0 Å². The number of nitrogens with zero attached hydrogens (tertiary/aromatic N) is 1. The van der Waals surface area contributed by atoms with Gasteiger partial charge in [-0.05, 0) is 25.0 Å². The zero-order valence-electron chi connectivity index (χ0n) is 9.37. The van der Waals surface area contributed by atoms with Crippen LogP contribution in [0.25, 0.3) is 0 Å². The fourth-order valence-electron chi connectivity index (χ4n) is 2.17. The van der Waals surface area contributed by atoms with Gasteiger partial charge in [0.25, 0.3) is 0 Å². The molecule has 1 aliphatic carbocycles. The minimum absolute atomic E-state index is 0.138. The van der Waals surface area contributed by atoms with Crippen molar-refractivity contribution in [2.45, 2.75) is 25.7 Å². The van der Waals surface area contributed by atoms with Crippen molar-refractivity contribution in [2.24, 2.45) is 5.41 Å². The lowest BCUT2D eigenvalue weighted by atomic mass is 9.87. The van der Waals surface area contributed by atoms with Gasteiger partial charge in [-0.2, -0.15) is 5.26 Å². The molecule has 0 radical (unpaired) electrons. The highest BCUT2D eigenvalue weighted by Gasteiger charge is 2.41. The maximum atomic E-state index is 13.4. The molecule has 4 heteroatoms. The first kappa shape index (κ1) is 11.6. The molecule has 1 aliphatic rings. The standard InChI is InChI=1S/C13H13FN2O/c14-10-5-1-2-6-11(10)16-12(17)13(9-15)7-3-4-8-13/h1-2,5-6H,3-4,7-8H2,(H,16,17). The molecule has 0 atom stereocenters. The van der Waals surface area contributed by atoms with Crippen molar-refractivity contribution in [3.8, 4) is 6.07 Å². The van der Waals surface area contributed by atoms with Gasteiger partial charge in [0.2, 0.25) is 5.91 Å². The van der Waals surface area contributed by atoms with Crippen molar-refractivity contribution in [1.29, 1.82) is 5.26 Å². The zero-order chi connectivity index (χ0) is 12.3. The third-order valence-electron chi connectivity index (χ3n) is 3.23. The first-order chi connectivity index (χ1) is 8.18. The second kappa shape index (κ2) is 4.54. The Balaban J connectivity index is 2.17. The third-order valence-corrected chi connectivity index (χ3v) is 3.23. The highest BCUT2D eigenvalue weighted by Crippen LogP contribution is 2.38. The number of rotatable bonds is 2. The summed E-state index contributed by atoms with van der Waals surface area (Å²) < 4.78 is 13.4. The van der Waals surface area contributed by atoms with Crippen molar-refractivity contribution in [3.05, 3.63) is 30.1 Å². The summed E-state index contributed by atoms with van der Waals surface area (Å²) in [6.07, 6.45) is 2.87. The lowest BCUT2D eigenvalue weighted by Gasteiger charge is -2.19. The summed E-state index contributed by atoms with van der Waals surface area (Å²) in [6, 6.07) is 8.06. The Kier molecular flexibility index (Phi) is 3.10. The second-order valence-corrected chi connectivity index (χ2v) is 4.33. The molecule has 1 saturated carbocycles. The molecule has 0 bridgehead atoms. The van der Waals surface area contributed by atoms with E-state index >= 15 is 0 Å². The van der Waals surface area contributed by atoms with Gasteiger partial charge in [-0.3, -0.25) is 4.79 Å². The van der Waals surface area contributed by atoms with Crippen LogP contribution < -0.4 is 5.32 Å². The second-order valence-electron chi connectivity index (χ2n) is 4.33. The molecule has 17 heavy (non-hydrogen) atoms. The lowest BCUT2D eigenvalue weighted by molar-refractivity contribution is -0.122. The number of benzene rings is 1. The first-order valence-corrected chi connectivity index (χ1v) is 5.65. The Hall–Kier alpha value is -1.89. The normalized spacial score (nSPS) is 17.4. The van der Waals surface area contributed by atoms with Crippen LogP contribution in [-0.4, -0.2) is 5.91 Å². The molecule has 1 aromatic carbocycles. The van der Waals surface area contributed by atoms with E-state index in [0.717, 1.165) is 12.8 Å². The van der Waals surface area contributed by atoms with Gasteiger partial charge < -0.3 is 5.32 Å². The van der Waals surface area contributed by atoms with E-state index in [1.54, 1.807) is 12.1 Å². The summed E-state index contributed by atoms with van der Waals surface area (Å²) in [6.45, 7) is 0. The predicted octanol–water partition coefficient (Wildman–Crippen LogP) is 2.85. The molecule has 1 aromatic rings. The smallest absolute Gasteiger partial charge is 0.244 e. The van der Waals surface area contributed by atoms with Crippen LogP contribution in [0.4, 0.5) is 10.1 Å². The maximum Gasteiger partial charge on any atom is 0.244 e. The minimum atomic E-state index is -0.970. The summed E-state index contributed by atoms with van der Waals surface area (Å²) in [7, 11) is 0. The summed E-state index contributed by atoms with van der Waals surface area (Å²) in [5.74, 6) is -0.866. The fourth-order valence-corrected chi connectivity index (χ4v) is 2.17. The summed E-state index contributed by atoms with van der Waals surface area (Å²) in [4.78, 5) is 12.0. The predicted molar refractivity (Wildman–Crippen MR) is 61.5 cm³/mol. The Bertz CT molecular complexity index is 473. The van der Waals surface area contributed by atoms with Crippen molar-refractivity contribution in [1.82, 2.24) is 0 Å². The number of hydrogen-bond acceptors (Lipinski definition) is 2. The summed E-state index contributed by atoms with van der Waals surface area (Å²) in [5.41, 5.74) is -0.832. The molecule has 0 spiro atoms. The van der Waals surface area contributed by atoms with Gasteiger partial charge in [0.05, 0.1) is 11.8 Å². The van der Waals surface area contributed by atoms with E-state index < -0.39 is 11.2 Å². The Morgan fingerprint density at radius 3 is 2.59 bits per heavy atom. The Labute approximate surface area is 99.2 Å². The number of para-hydroxylation sites is 1. The average Bonchev–Trinajstić information content (AvgIpc) is 2.82. The average molecular weight is 232 g/mol. The van der Waals surface area contributed by atoms with E-state index in [9.17, 15) is 9.18 Å². The van der Waals surface area contributed by atoms with Crippen LogP contribution in [-0.2, 0) is 4.79 Å². The van der Waals surface area contributed by atoms with Crippen molar-refractivity contribution in [2.75, 3.05) is 5.32 Å². The van der Waals surface area contributed by atoms with E-state index in [4.69, 9.17) is 5.26 Å². The third kappa shape index (κ3) is 2.14. The van der Waals surface area contributed by atoms with Crippen molar-refractivity contribution >= 4 is 11.6 Å². The van der Waals surface area contributed by atoms with Gasteiger partial charge in [-0.25, -0.2) is 4.39 Å². The highest BCUT2D eigenvalue weighted by molar-refractivity contribution is 5.97. The Morgan fingerprint density at radius 2 is 2.00 bits per heavy atom. The zero-order valence-corrected chi connectivity index (χ0v) is 9.37. The number of nitriles is 1. The monoisotopic (exact) mass is 232 g/mol. The van der Waals surface area contributed by atoms with E-state index in [1.807, 2.05) is 0 Å². The fraction of sp³-hybridized carbons (Fsp3) is 0.385. The molecular formula is C13H13FN2O. The molecule has 2 rings (SSSR count). The van der Waals surface area contributed by atoms with Gasteiger partial charge in [-0.15, -0.1) is 0 Å². The molecule has 0 saturated heterocycles. The first-order valence-electron chi connectivity index (χ1n) is 5.65. The number of halogens is 1. The topological polar surface area (TPSA) is 52.9 Å². The van der Waals surface area contributed by atoms with E-state index in [-0.39, 0.29) is 11.6 Å². The van der Waals surface area contributed by atoms with E-state index in [1.165, 1.54) is 12.1 Å². The molecule has 3 nitrogen and oxygen atoms in total. The van der Waals surface area contributed by atoms with Crippen LogP contribution in [0.15, 0.2) is 24.3 Å². The summed E-state index contributed by atoms with van der Waals surface area (Å²) in [5, 5.41) is 11.6. The lowest BCUT2D eigenvalue weighted by Crippen LogP contribution is -2.32. The van der Waals surface area contributed by atoms with E-state index in [0.29, 0.717) is 12.8 Å². The maximum absolute atomic E-state index is 13.4. The number of anilines is 1. The van der Waals surface area contributed by atoms with Crippen LogP contribution in [0.5, 0.6) is 0 Å². The quantitative estimate of drug-likeness (QED) is 0.852. The van der Waals surface area contributed by atoms with Gasteiger partial charge in [0.15, 0.2) is 0 Å². The molecule has 1 amide bonds. The molecule has 88 valence electrons. The summed E-state index contributed by atoms with van der Waals surface area (Å²) >= 11 is 0. The Morgan fingerprint density at radius 1 is 1.35 bits per heavy atom. The minimum Gasteiger partial charge on any atom is -0.322 e. The molecular weight excluding hydrogens is 219 g/mol. The van der Waals surface area contributed by atoms with Crippen LogP contribution in [0.1, 0.15) is 25.7 Å². The highest BCUT2D eigenvalue weighted by atomic mass is 19.1. The number of amides is 1. The molecule has 0 unspecified atom stereocenters. The van der Waals surface area contributed by atoms with Crippen LogP contribution >= 0.6 is 0 Å². The largest absolute Gasteiger partial charge is 0.322 e. The van der Waals surface area contributed by atoms with Gasteiger partial charge in [0, 0.05) is 0 Å². The molecule has 0 aliphatic heterocycles. The molecule has 1 N–H and O–H groups in total. The van der Waals surface area contributed by atoms with Crippen molar-refractivity contribution in [3.63, 3.8) is 0 Å². The number of carbonyl (C=O) groups excluding carboxylic acids is 1. The van der Waals surface area contributed by atoms with Gasteiger partial charge >= 0.3 is 0 Å². The van der Waals surface area contributed by atoms with Crippen LogP contribution in [0.3, 0.4) is 0 Å². The number of nitrogens with one attached hydrogen (secondary N) is 1. The molecule has 1 fully saturated rings. The van der Waals surface area contributed by atoms with E-state index in [2.05, 4.69) is 11.4 Å². The SMILES string of the molecule is N#CC1(C(=O)Nc2ccccc2F)CCCC1. The molecule has 0 heterocycles. The molecule has 0 aromatic heterocycles. The van der Waals surface area contributed by atoms with Crippen molar-refractivity contribution < 1.29 is 9.18 Å². The van der Waals surface area contributed by atoms with Gasteiger partial charge in [-0.1, -0.05) is 25.0 Å². The van der Waals surface area contributed by atoms with Gasteiger partial charge in [0.1, 0.15) is 11.2 Å². The van der Waals surface area contributed by atoms with Crippen LogP contribution in [0, 0.1) is 22.6 Å². The number of hydrogen-bond donors (Lipinski definition) is 1. The number of carbonyl (C=O) groups is 1.